The van der Waals surface area contributed by atoms with E-state index in [0.29, 0.717) is 11.3 Å². The smallest absolute Gasteiger partial charge is 0.328 e. The van der Waals surface area contributed by atoms with E-state index in [4.69, 9.17) is 5.11 Å². The topological polar surface area (TPSA) is 83.0 Å². The molecule has 5 nitrogen and oxygen atoms in total. The fraction of sp³-hybridized carbons (Fsp3) is 0.364. The molecule has 0 spiro atoms. The second-order valence-corrected chi connectivity index (χ2v) is 4.46. The molecule has 1 aromatic heterocycles. The highest BCUT2D eigenvalue weighted by Crippen LogP contribution is 2.18. The summed E-state index contributed by atoms with van der Waals surface area (Å²) in [6.07, 6.45) is 2.19. The Bertz CT molecular complexity index is 481. The minimum atomic E-state index is -1.09. The van der Waals surface area contributed by atoms with Gasteiger partial charge in [0.2, 0.25) is 0 Å². The Kier molecular flexibility index (Phi) is 3.27. The van der Waals surface area contributed by atoms with Gasteiger partial charge in [-0.05, 0) is 12.1 Å². The van der Waals surface area contributed by atoms with E-state index in [-0.39, 0.29) is 5.41 Å². The Morgan fingerprint density at radius 1 is 1.50 bits per heavy atom. The SMILES string of the molecule is CC(C)(C)c1cc(/C=C/C(=O)O)c(=O)[nH]n1. The number of hydrogen-bond donors (Lipinski definition) is 2. The minimum absolute atomic E-state index is 0.198. The first-order valence-corrected chi connectivity index (χ1v) is 4.82. The van der Waals surface area contributed by atoms with Crippen LogP contribution in [0, 0.1) is 0 Å². The average molecular weight is 222 g/mol. The molecule has 0 aromatic carbocycles. The minimum Gasteiger partial charge on any atom is -0.478 e. The molecule has 16 heavy (non-hydrogen) atoms. The van der Waals surface area contributed by atoms with Crippen molar-refractivity contribution in [2.45, 2.75) is 26.2 Å². The largest absolute Gasteiger partial charge is 0.478 e. The van der Waals surface area contributed by atoms with Crippen molar-refractivity contribution in [3.63, 3.8) is 0 Å². The molecule has 0 fully saturated rings. The van der Waals surface area contributed by atoms with Crippen LogP contribution in [0.4, 0.5) is 0 Å². The molecule has 0 unspecified atom stereocenters. The lowest BCUT2D eigenvalue weighted by atomic mass is 9.91. The van der Waals surface area contributed by atoms with E-state index >= 15 is 0 Å². The van der Waals surface area contributed by atoms with Gasteiger partial charge in [0.1, 0.15) is 0 Å². The van der Waals surface area contributed by atoms with Crippen LogP contribution in [-0.4, -0.2) is 21.3 Å². The normalized spacial score (nSPS) is 11.9. The summed E-state index contributed by atoms with van der Waals surface area (Å²) in [5.74, 6) is -1.09. The van der Waals surface area contributed by atoms with E-state index < -0.39 is 11.5 Å². The monoisotopic (exact) mass is 222 g/mol. The molecule has 1 aromatic rings. The van der Waals surface area contributed by atoms with E-state index in [1.807, 2.05) is 20.8 Å². The highest BCUT2D eigenvalue weighted by Gasteiger charge is 2.16. The highest BCUT2D eigenvalue weighted by atomic mass is 16.4. The van der Waals surface area contributed by atoms with Gasteiger partial charge in [0.15, 0.2) is 0 Å². The molecule has 5 heteroatoms. The molecular weight excluding hydrogens is 208 g/mol. The lowest BCUT2D eigenvalue weighted by Gasteiger charge is -2.16. The van der Waals surface area contributed by atoms with Crippen LogP contribution in [-0.2, 0) is 10.2 Å². The molecule has 0 aliphatic rings. The third kappa shape index (κ3) is 3.05. The molecular formula is C11H14N2O3. The van der Waals surface area contributed by atoms with Gasteiger partial charge >= 0.3 is 5.97 Å². The number of carbonyl (C=O) groups is 1. The number of aromatic amines is 1. The van der Waals surface area contributed by atoms with Crippen molar-refractivity contribution in [1.82, 2.24) is 10.2 Å². The zero-order valence-corrected chi connectivity index (χ0v) is 9.44. The quantitative estimate of drug-likeness (QED) is 0.735. The second kappa shape index (κ2) is 4.30. The fourth-order valence-electron chi connectivity index (χ4n) is 1.09. The van der Waals surface area contributed by atoms with Gasteiger partial charge in [-0.1, -0.05) is 20.8 Å². The van der Waals surface area contributed by atoms with E-state index in [0.717, 1.165) is 6.08 Å². The van der Waals surface area contributed by atoms with Gasteiger partial charge < -0.3 is 5.11 Å². The summed E-state index contributed by atoms with van der Waals surface area (Å²) < 4.78 is 0. The average Bonchev–Trinajstić information content (AvgIpc) is 2.14. The summed E-state index contributed by atoms with van der Waals surface area (Å²) in [6, 6.07) is 1.60. The van der Waals surface area contributed by atoms with Crippen LogP contribution in [0.25, 0.3) is 6.08 Å². The Labute approximate surface area is 92.8 Å². The van der Waals surface area contributed by atoms with Crippen LogP contribution in [0.15, 0.2) is 16.9 Å². The molecule has 0 radical (unpaired) electrons. The number of carboxylic acid groups (broad SMARTS) is 1. The third-order valence-electron chi connectivity index (χ3n) is 2.01. The number of rotatable bonds is 2. The first-order chi connectivity index (χ1) is 7.30. The zero-order valence-electron chi connectivity index (χ0n) is 9.44. The van der Waals surface area contributed by atoms with Crippen molar-refractivity contribution in [2.24, 2.45) is 0 Å². The van der Waals surface area contributed by atoms with Crippen LogP contribution in [0.1, 0.15) is 32.0 Å². The molecule has 0 bridgehead atoms. The number of H-pyrrole nitrogens is 1. The number of nitrogens with one attached hydrogen (secondary N) is 1. The van der Waals surface area contributed by atoms with Gasteiger partial charge in [0.05, 0.1) is 5.69 Å². The maximum absolute atomic E-state index is 11.3. The molecule has 1 rings (SSSR count). The van der Waals surface area contributed by atoms with Crippen molar-refractivity contribution >= 4 is 12.0 Å². The summed E-state index contributed by atoms with van der Waals surface area (Å²) >= 11 is 0. The molecule has 0 amide bonds. The van der Waals surface area contributed by atoms with Crippen LogP contribution < -0.4 is 5.56 Å². The fourth-order valence-corrected chi connectivity index (χ4v) is 1.09. The van der Waals surface area contributed by atoms with Crippen molar-refractivity contribution < 1.29 is 9.90 Å². The highest BCUT2D eigenvalue weighted by molar-refractivity contribution is 5.85. The van der Waals surface area contributed by atoms with Crippen LogP contribution >= 0.6 is 0 Å². The molecule has 0 atom stereocenters. The summed E-state index contributed by atoms with van der Waals surface area (Å²) in [5, 5.41) is 14.7. The molecule has 0 saturated carbocycles. The second-order valence-electron chi connectivity index (χ2n) is 4.46. The Balaban J connectivity index is 3.20. The standard InChI is InChI=1S/C11H14N2O3/c1-11(2,3)8-6-7(4-5-9(14)15)10(16)13-12-8/h4-6H,1-3H3,(H,13,16)(H,14,15)/b5-4+. The van der Waals surface area contributed by atoms with Crippen LogP contribution in [0.3, 0.4) is 0 Å². The number of nitrogens with zero attached hydrogens (tertiary/aromatic N) is 1. The molecule has 1 heterocycles. The van der Waals surface area contributed by atoms with Gasteiger partial charge in [-0.25, -0.2) is 9.89 Å². The Morgan fingerprint density at radius 2 is 2.12 bits per heavy atom. The number of aromatic nitrogens is 2. The van der Waals surface area contributed by atoms with E-state index in [9.17, 15) is 9.59 Å². The predicted octanol–water partition coefficient (Wildman–Crippen LogP) is 1.17. The summed E-state index contributed by atoms with van der Waals surface area (Å²) in [7, 11) is 0. The summed E-state index contributed by atoms with van der Waals surface area (Å²) in [6.45, 7) is 5.87. The lowest BCUT2D eigenvalue weighted by Crippen LogP contribution is -2.20. The predicted molar refractivity (Wildman–Crippen MR) is 60.2 cm³/mol. The van der Waals surface area contributed by atoms with E-state index in [1.54, 1.807) is 6.07 Å². The Hall–Kier alpha value is -1.91. The van der Waals surface area contributed by atoms with E-state index in [2.05, 4.69) is 10.2 Å². The van der Waals surface area contributed by atoms with E-state index in [1.165, 1.54) is 6.08 Å². The lowest BCUT2D eigenvalue weighted by molar-refractivity contribution is -0.131. The van der Waals surface area contributed by atoms with Gasteiger partial charge in [-0.15, -0.1) is 0 Å². The van der Waals surface area contributed by atoms with Crippen molar-refractivity contribution in [3.8, 4) is 0 Å². The van der Waals surface area contributed by atoms with Gasteiger partial charge in [0, 0.05) is 17.1 Å². The maximum Gasteiger partial charge on any atom is 0.328 e. The number of carboxylic acids is 1. The van der Waals surface area contributed by atoms with Crippen molar-refractivity contribution in [2.75, 3.05) is 0 Å². The van der Waals surface area contributed by atoms with Crippen LogP contribution in [0.5, 0.6) is 0 Å². The van der Waals surface area contributed by atoms with Gasteiger partial charge in [0.25, 0.3) is 5.56 Å². The number of hydrogen-bond acceptors (Lipinski definition) is 3. The molecule has 86 valence electrons. The van der Waals surface area contributed by atoms with Gasteiger partial charge in [-0.2, -0.15) is 5.10 Å². The Morgan fingerprint density at radius 3 is 2.62 bits per heavy atom. The van der Waals surface area contributed by atoms with Crippen molar-refractivity contribution in [3.05, 3.63) is 33.8 Å². The molecule has 0 saturated heterocycles. The van der Waals surface area contributed by atoms with Crippen LogP contribution in [0.2, 0.25) is 0 Å². The number of aliphatic carboxylic acids is 1. The maximum atomic E-state index is 11.3. The zero-order chi connectivity index (χ0) is 12.3. The first kappa shape index (κ1) is 12.2. The molecule has 2 N–H and O–H groups in total. The summed E-state index contributed by atoms with van der Waals surface area (Å²) in [5.41, 5.74) is 0.403. The van der Waals surface area contributed by atoms with Crippen molar-refractivity contribution in [1.29, 1.82) is 0 Å². The molecule has 0 aliphatic heterocycles. The first-order valence-electron chi connectivity index (χ1n) is 4.82. The van der Waals surface area contributed by atoms with Gasteiger partial charge in [-0.3, -0.25) is 4.79 Å². The summed E-state index contributed by atoms with van der Waals surface area (Å²) in [4.78, 5) is 21.7. The molecule has 0 aliphatic carbocycles. The third-order valence-corrected chi connectivity index (χ3v) is 2.01.